The van der Waals surface area contributed by atoms with Gasteiger partial charge in [-0.25, -0.2) is 4.79 Å². The van der Waals surface area contributed by atoms with Crippen molar-refractivity contribution in [2.45, 2.75) is 19.2 Å². The summed E-state index contributed by atoms with van der Waals surface area (Å²) >= 11 is 3.27. The molecule has 0 bridgehead atoms. The molecule has 0 aromatic heterocycles. The summed E-state index contributed by atoms with van der Waals surface area (Å²) in [5, 5.41) is 19.8. The second kappa shape index (κ2) is 9.62. The van der Waals surface area contributed by atoms with Crippen LogP contribution in [-0.2, 0) is 14.4 Å². The number of fused-ring (bicyclic) bond motifs is 1. The van der Waals surface area contributed by atoms with E-state index in [0.717, 1.165) is 13.1 Å². The maximum Gasteiger partial charge on any atom is 0.430 e. The predicted octanol–water partition coefficient (Wildman–Crippen LogP) is 3.20. The number of esters is 1. The number of carbonyl (C=O) groups is 1. The normalized spacial score (nSPS) is 18.3. The molecule has 0 aliphatic carbocycles. The highest BCUT2D eigenvalue weighted by Gasteiger charge is 2.49. The molecule has 2 rings (SSSR count). The van der Waals surface area contributed by atoms with Crippen molar-refractivity contribution in [1.29, 1.82) is 0 Å². The highest BCUT2D eigenvalue weighted by atomic mass is 79.9. The van der Waals surface area contributed by atoms with Crippen LogP contribution in [0, 0.1) is 12.1 Å². The summed E-state index contributed by atoms with van der Waals surface area (Å²) in [4.78, 5) is 16.6. The molecule has 1 N–H and O–H groups in total. The Hall–Kier alpha value is -1.70. The van der Waals surface area contributed by atoms with Gasteiger partial charge < -0.3 is 19.6 Å². The van der Waals surface area contributed by atoms with Gasteiger partial charge in [-0.15, -0.1) is 0 Å². The number of carbonyl (C=O) groups excluding carboxylic acids is 1. The molecule has 1 aliphatic heterocycles. The fraction of sp³-hybridized carbons (Fsp3) is 0.500. The summed E-state index contributed by atoms with van der Waals surface area (Å²) in [6.07, 6.45) is -6.10. The predicted molar refractivity (Wildman–Crippen MR) is 103 cm³/mol. The third kappa shape index (κ3) is 6.93. The zero-order chi connectivity index (χ0) is 22.7. The summed E-state index contributed by atoms with van der Waals surface area (Å²) in [5.74, 6) is -1.08. The van der Waals surface area contributed by atoms with E-state index < -0.39 is 28.8 Å². The van der Waals surface area contributed by atoms with Gasteiger partial charge in [-0.05, 0) is 37.7 Å². The van der Waals surface area contributed by atoms with Gasteiger partial charge in [0.25, 0.3) is 0 Å². The number of alkyl halides is 3. The minimum Gasteiger partial charge on any atom is -0.564 e. The first-order valence-electron chi connectivity index (χ1n) is 8.83. The number of hydrogen-bond acceptors (Lipinski definition) is 7. The van der Waals surface area contributed by atoms with E-state index in [1.54, 1.807) is 31.0 Å². The van der Waals surface area contributed by atoms with E-state index in [-0.39, 0.29) is 32.1 Å². The summed E-state index contributed by atoms with van der Waals surface area (Å²) < 4.78 is 51.2. The van der Waals surface area contributed by atoms with Crippen LogP contribution in [0.3, 0.4) is 0 Å². The molecule has 1 aromatic carbocycles. The quantitative estimate of drug-likeness (QED) is 0.334. The first-order valence-corrected chi connectivity index (χ1v) is 9.63. The topological polar surface area (TPSA) is 91.3 Å². The van der Waals surface area contributed by atoms with Crippen LogP contribution in [0.1, 0.15) is 11.1 Å². The highest BCUT2D eigenvalue weighted by Crippen LogP contribution is 2.40. The van der Waals surface area contributed by atoms with Gasteiger partial charge >= 0.3 is 12.1 Å². The third-order valence-corrected chi connectivity index (χ3v) is 4.60. The van der Waals surface area contributed by atoms with E-state index in [1.807, 2.05) is 0 Å². The monoisotopic (exact) mass is 498 g/mol. The van der Waals surface area contributed by atoms with Gasteiger partial charge in [0.2, 0.25) is 6.10 Å². The Kier molecular flexibility index (Phi) is 7.88. The van der Waals surface area contributed by atoms with Gasteiger partial charge in [-0.3, -0.25) is 0 Å². The molecule has 0 saturated heterocycles. The number of hydroxylamine groups is 3. The molecule has 0 amide bonds. The lowest BCUT2D eigenvalue weighted by Crippen LogP contribution is -2.41. The zero-order valence-electron chi connectivity index (χ0n) is 16.5. The van der Waals surface area contributed by atoms with Crippen molar-refractivity contribution in [3.63, 3.8) is 0 Å². The molecular formula is C18H22BrF3N2O6. The molecule has 2 atom stereocenters. The van der Waals surface area contributed by atoms with Gasteiger partial charge in [0.1, 0.15) is 26.0 Å². The molecule has 0 spiro atoms. The Morgan fingerprint density at radius 1 is 1.37 bits per heavy atom. The van der Waals surface area contributed by atoms with E-state index in [1.165, 1.54) is 0 Å². The Balaban J connectivity index is 2.04. The molecule has 12 heteroatoms. The number of ether oxygens (including phenoxy) is 2. The minimum atomic E-state index is -4.80. The molecule has 168 valence electrons. The third-order valence-electron chi connectivity index (χ3n) is 4.14. The Bertz CT molecular complexity index is 810. The molecule has 1 aliphatic rings. The first-order chi connectivity index (χ1) is 13.8. The van der Waals surface area contributed by atoms with Crippen LogP contribution in [0.15, 0.2) is 22.2 Å². The summed E-state index contributed by atoms with van der Waals surface area (Å²) in [6, 6.07) is 3.17. The van der Waals surface area contributed by atoms with Gasteiger partial charge in [0.05, 0.1) is 5.57 Å². The molecule has 8 nitrogen and oxygen atoms in total. The SMILES string of the molecule is Cc1cc(Br)cc2c1O[C@H](C(F)(F)F)C(C(=O)OCCN(C)CCO[N+](C)([O-])O)=C2. The maximum atomic E-state index is 13.5. The fourth-order valence-corrected chi connectivity index (χ4v) is 3.30. The van der Waals surface area contributed by atoms with Gasteiger partial charge in [0.15, 0.2) is 0 Å². The smallest absolute Gasteiger partial charge is 0.430 e. The lowest BCUT2D eigenvalue weighted by Gasteiger charge is -2.29. The van der Waals surface area contributed by atoms with Crippen LogP contribution < -0.4 is 4.74 Å². The highest BCUT2D eigenvalue weighted by molar-refractivity contribution is 9.10. The van der Waals surface area contributed by atoms with Crippen LogP contribution in [0.25, 0.3) is 6.08 Å². The van der Waals surface area contributed by atoms with Crippen LogP contribution in [0.5, 0.6) is 5.75 Å². The molecule has 0 radical (unpaired) electrons. The number of halogens is 4. The maximum absolute atomic E-state index is 13.5. The molecule has 0 fully saturated rings. The van der Waals surface area contributed by atoms with Crippen molar-refractivity contribution in [3.8, 4) is 5.75 Å². The van der Waals surface area contributed by atoms with E-state index >= 15 is 0 Å². The van der Waals surface area contributed by atoms with Crippen LogP contribution in [-0.4, -0.2) is 73.7 Å². The van der Waals surface area contributed by atoms with E-state index in [0.29, 0.717) is 15.6 Å². The van der Waals surface area contributed by atoms with Crippen LogP contribution in [0.4, 0.5) is 13.2 Å². The zero-order valence-corrected chi connectivity index (χ0v) is 18.1. The molecule has 0 saturated carbocycles. The van der Waals surface area contributed by atoms with Gasteiger partial charge in [-0.2, -0.15) is 23.2 Å². The number of aryl methyl sites for hydroxylation is 1. The average Bonchev–Trinajstić information content (AvgIpc) is 2.58. The largest absolute Gasteiger partial charge is 0.564 e. The van der Waals surface area contributed by atoms with Crippen molar-refractivity contribution in [2.24, 2.45) is 0 Å². The molecule has 30 heavy (non-hydrogen) atoms. The number of quaternary nitrogens is 1. The summed E-state index contributed by atoms with van der Waals surface area (Å²) in [6.45, 7) is 1.73. The lowest BCUT2D eigenvalue weighted by molar-refractivity contribution is -1.20. The first kappa shape index (κ1) is 24.6. The van der Waals surface area contributed by atoms with Crippen LogP contribution >= 0.6 is 15.9 Å². The van der Waals surface area contributed by atoms with E-state index in [4.69, 9.17) is 14.7 Å². The molecule has 1 unspecified atom stereocenters. The lowest BCUT2D eigenvalue weighted by atomic mass is 9.99. The number of nitrogens with zero attached hydrogens (tertiary/aromatic N) is 2. The van der Waals surface area contributed by atoms with Crippen molar-refractivity contribution in [2.75, 3.05) is 40.4 Å². The average molecular weight is 499 g/mol. The molecule has 1 aromatic rings. The van der Waals surface area contributed by atoms with Crippen molar-refractivity contribution < 1.29 is 42.5 Å². The van der Waals surface area contributed by atoms with Crippen LogP contribution in [0.2, 0.25) is 0 Å². The number of rotatable bonds is 8. The van der Waals surface area contributed by atoms with E-state index in [9.17, 15) is 23.2 Å². The molecular weight excluding hydrogens is 477 g/mol. The number of hydrogen-bond donors (Lipinski definition) is 1. The number of benzene rings is 1. The van der Waals surface area contributed by atoms with Crippen molar-refractivity contribution in [1.82, 2.24) is 4.90 Å². The molecule has 1 heterocycles. The van der Waals surface area contributed by atoms with Gasteiger partial charge in [0, 0.05) is 23.1 Å². The van der Waals surface area contributed by atoms with Crippen molar-refractivity contribution >= 4 is 28.0 Å². The Labute approximate surface area is 179 Å². The fourth-order valence-electron chi connectivity index (χ4n) is 2.71. The van der Waals surface area contributed by atoms with E-state index in [2.05, 4.69) is 20.8 Å². The standard InChI is InChI=1S/C18H22BrF3N2O6/c1-11-8-13(19)9-12-10-14(16(18(20,21)22)30-15(11)12)17(25)28-6-4-23(2)5-7-29-24(3,26)27/h8-10,16,26H,4-7H2,1-3H3/t16-/m0/s1. The Morgan fingerprint density at radius 3 is 2.60 bits per heavy atom. The summed E-state index contributed by atoms with van der Waals surface area (Å²) in [5.41, 5.74) is 0.196. The van der Waals surface area contributed by atoms with Crippen molar-refractivity contribution in [3.05, 3.63) is 38.5 Å². The number of likely N-dealkylation sites (N-methyl/N-ethyl adjacent to an activating group) is 1. The second-order valence-corrected chi connectivity index (χ2v) is 7.77. The minimum absolute atomic E-state index is 0.0597. The second-order valence-electron chi connectivity index (χ2n) is 6.86. The Morgan fingerprint density at radius 2 is 2.00 bits per heavy atom. The van der Waals surface area contributed by atoms with Gasteiger partial charge in [-0.1, -0.05) is 20.9 Å². The summed E-state index contributed by atoms with van der Waals surface area (Å²) in [7, 11) is 2.51.